The molecule has 5 heteroatoms. The van der Waals surface area contributed by atoms with Crippen molar-refractivity contribution in [1.29, 1.82) is 0 Å². The fourth-order valence-corrected chi connectivity index (χ4v) is 3.01. The van der Waals surface area contributed by atoms with Crippen molar-refractivity contribution in [3.8, 4) is 0 Å². The van der Waals surface area contributed by atoms with Gasteiger partial charge in [-0.1, -0.05) is 6.92 Å². The van der Waals surface area contributed by atoms with Crippen LogP contribution >= 0.6 is 7.60 Å². The maximum absolute atomic E-state index is 12.0. The molecule has 1 atom stereocenters. The van der Waals surface area contributed by atoms with E-state index in [1.165, 1.54) is 0 Å². The summed E-state index contributed by atoms with van der Waals surface area (Å²) in [7, 11) is -2.84. The van der Waals surface area contributed by atoms with Crippen molar-refractivity contribution in [3.05, 3.63) is 0 Å². The smallest absolute Gasteiger partial charge is 0.309 e. The second-order valence-electron chi connectivity index (χ2n) is 4.60. The van der Waals surface area contributed by atoms with E-state index in [0.29, 0.717) is 31.5 Å². The summed E-state index contributed by atoms with van der Waals surface area (Å²) in [4.78, 5) is 2.31. The summed E-state index contributed by atoms with van der Waals surface area (Å²) in [5.41, 5.74) is 0. The molecule has 0 N–H and O–H groups in total. The number of hydrogen-bond acceptors (Lipinski definition) is 4. The van der Waals surface area contributed by atoms with Crippen LogP contribution in [-0.2, 0) is 13.6 Å². The highest BCUT2D eigenvalue weighted by Gasteiger charge is 2.22. The lowest BCUT2D eigenvalue weighted by molar-refractivity contribution is 0.129. The Kier molecular flexibility index (Phi) is 8.31. The fraction of sp³-hybridized carbons (Fsp3) is 1.00. The minimum absolute atomic E-state index is 0.434. The molecule has 0 fully saturated rings. The van der Waals surface area contributed by atoms with E-state index in [1.54, 1.807) is 0 Å². The zero-order valence-electron chi connectivity index (χ0n) is 12.1. The van der Waals surface area contributed by atoms with Crippen LogP contribution in [0.1, 0.15) is 41.5 Å². The SMILES string of the molecule is CCOP(=O)(CC)OCCN(C(C)C)C(C)C. The molecule has 1 unspecified atom stereocenters. The van der Waals surface area contributed by atoms with Gasteiger partial charge in [-0.2, -0.15) is 0 Å². The second kappa shape index (κ2) is 8.25. The first-order valence-corrected chi connectivity index (χ1v) is 8.23. The van der Waals surface area contributed by atoms with Crippen LogP contribution in [0.2, 0.25) is 0 Å². The molecule has 0 rings (SSSR count). The maximum Gasteiger partial charge on any atom is 0.330 e. The Labute approximate surface area is 106 Å². The Hall–Kier alpha value is 0.110. The molecule has 0 aliphatic carbocycles. The molecular weight excluding hydrogens is 237 g/mol. The molecule has 0 spiro atoms. The van der Waals surface area contributed by atoms with Gasteiger partial charge in [-0.3, -0.25) is 9.46 Å². The van der Waals surface area contributed by atoms with Gasteiger partial charge in [0.2, 0.25) is 0 Å². The van der Waals surface area contributed by atoms with Gasteiger partial charge < -0.3 is 9.05 Å². The van der Waals surface area contributed by atoms with Crippen LogP contribution in [0.25, 0.3) is 0 Å². The predicted octanol–water partition coefficient (Wildman–Crippen LogP) is 3.37. The van der Waals surface area contributed by atoms with Gasteiger partial charge in [0.15, 0.2) is 0 Å². The number of hydrogen-bond donors (Lipinski definition) is 0. The third-order valence-corrected chi connectivity index (χ3v) is 4.68. The van der Waals surface area contributed by atoms with Gasteiger partial charge in [-0.05, 0) is 34.6 Å². The highest BCUT2D eigenvalue weighted by Crippen LogP contribution is 2.47. The molecule has 0 bridgehead atoms. The van der Waals surface area contributed by atoms with Crippen LogP contribution in [0.5, 0.6) is 0 Å². The Morgan fingerprint density at radius 3 is 1.94 bits per heavy atom. The number of nitrogens with zero attached hydrogens (tertiary/aromatic N) is 1. The van der Waals surface area contributed by atoms with Gasteiger partial charge >= 0.3 is 7.60 Å². The van der Waals surface area contributed by atoms with Crippen molar-refractivity contribution in [3.63, 3.8) is 0 Å². The lowest BCUT2D eigenvalue weighted by Gasteiger charge is -2.30. The first-order valence-electron chi connectivity index (χ1n) is 6.50. The van der Waals surface area contributed by atoms with Crippen LogP contribution < -0.4 is 0 Å². The summed E-state index contributed by atoms with van der Waals surface area (Å²) in [6.45, 7) is 14.0. The molecule has 0 heterocycles. The average molecular weight is 265 g/mol. The van der Waals surface area contributed by atoms with Gasteiger partial charge in [-0.15, -0.1) is 0 Å². The Morgan fingerprint density at radius 1 is 1.06 bits per heavy atom. The molecule has 104 valence electrons. The first kappa shape index (κ1) is 17.1. The summed E-state index contributed by atoms with van der Waals surface area (Å²) in [6, 6.07) is 0.929. The van der Waals surface area contributed by atoms with Gasteiger partial charge in [0.25, 0.3) is 0 Å². The van der Waals surface area contributed by atoms with E-state index in [-0.39, 0.29) is 0 Å². The minimum atomic E-state index is -2.84. The van der Waals surface area contributed by atoms with Crippen molar-refractivity contribution in [2.45, 2.75) is 53.6 Å². The molecule has 0 amide bonds. The molecule has 0 radical (unpaired) electrons. The van der Waals surface area contributed by atoms with Gasteiger partial charge in [0, 0.05) is 24.8 Å². The van der Waals surface area contributed by atoms with E-state index in [0.717, 1.165) is 6.54 Å². The monoisotopic (exact) mass is 265 g/mol. The van der Waals surface area contributed by atoms with Crippen LogP contribution in [0.3, 0.4) is 0 Å². The predicted molar refractivity (Wildman–Crippen MR) is 72.7 cm³/mol. The summed E-state index contributed by atoms with van der Waals surface area (Å²) in [5, 5.41) is 0. The summed E-state index contributed by atoms with van der Waals surface area (Å²) in [6.07, 6.45) is 0.435. The highest BCUT2D eigenvalue weighted by atomic mass is 31.2. The van der Waals surface area contributed by atoms with Gasteiger partial charge in [-0.25, -0.2) is 0 Å². The quantitative estimate of drug-likeness (QED) is 0.599. The molecule has 0 aromatic carbocycles. The molecule has 0 aromatic heterocycles. The number of rotatable bonds is 9. The van der Waals surface area contributed by atoms with Crippen molar-refractivity contribution in [2.75, 3.05) is 25.9 Å². The van der Waals surface area contributed by atoms with Gasteiger partial charge in [0.05, 0.1) is 13.2 Å². The molecule has 0 saturated carbocycles. The van der Waals surface area contributed by atoms with E-state index >= 15 is 0 Å². The Balaban J connectivity index is 4.15. The third kappa shape index (κ3) is 6.56. The van der Waals surface area contributed by atoms with E-state index < -0.39 is 7.60 Å². The van der Waals surface area contributed by atoms with Crippen molar-refractivity contribution < 1.29 is 13.6 Å². The Bertz CT molecular complexity index is 236. The topological polar surface area (TPSA) is 38.8 Å². The van der Waals surface area contributed by atoms with Gasteiger partial charge in [0.1, 0.15) is 0 Å². The molecule has 4 nitrogen and oxygen atoms in total. The van der Waals surface area contributed by atoms with Crippen LogP contribution in [0.15, 0.2) is 0 Å². The van der Waals surface area contributed by atoms with Crippen molar-refractivity contribution in [2.24, 2.45) is 0 Å². The largest absolute Gasteiger partial charge is 0.330 e. The highest BCUT2D eigenvalue weighted by molar-refractivity contribution is 7.53. The summed E-state index contributed by atoms with van der Waals surface area (Å²) in [5.74, 6) is 0. The molecule has 0 aliphatic rings. The lowest BCUT2D eigenvalue weighted by Crippen LogP contribution is -2.39. The van der Waals surface area contributed by atoms with E-state index in [4.69, 9.17) is 9.05 Å². The van der Waals surface area contributed by atoms with E-state index in [9.17, 15) is 4.57 Å². The van der Waals surface area contributed by atoms with Crippen LogP contribution in [0.4, 0.5) is 0 Å². The normalized spacial score (nSPS) is 15.8. The van der Waals surface area contributed by atoms with Crippen LogP contribution in [0, 0.1) is 0 Å². The summed E-state index contributed by atoms with van der Waals surface area (Å²) >= 11 is 0. The van der Waals surface area contributed by atoms with Crippen LogP contribution in [-0.4, -0.2) is 42.9 Å². The van der Waals surface area contributed by atoms with E-state index in [2.05, 4.69) is 32.6 Å². The summed E-state index contributed by atoms with van der Waals surface area (Å²) < 4.78 is 22.7. The lowest BCUT2D eigenvalue weighted by atomic mass is 10.2. The zero-order chi connectivity index (χ0) is 13.5. The minimum Gasteiger partial charge on any atom is -0.309 e. The Morgan fingerprint density at radius 2 is 1.59 bits per heavy atom. The molecular formula is C12H28NO3P. The van der Waals surface area contributed by atoms with E-state index in [1.807, 2.05) is 13.8 Å². The maximum atomic E-state index is 12.0. The zero-order valence-corrected chi connectivity index (χ0v) is 13.0. The fourth-order valence-electron chi connectivity index (χ4n) is 1.81. The van der Waals surface area contributed by atoms with Crippen molar-refractivity contribution in [1.82, 2.24) is 4.90 Å². The molecule has 0 aliphatic heterocycles. The third-order valence-electron chi connectivity index (χ3n) is 2.68. The van der Waals surface area contributed by atoms with Crippen molar-refractivity contribution >= 4 is 7.60 Å². The molecule has 0 aromatic rings. The first-order chi connectivity index (χ1) is 7.86. The second-order valence-corrected chi connectivity index (χ2v) is 6.97. The molecule has 17 heavy (non-hydrogen) atoms. The standard InChI is InChI=1S/C12H28NO3P/c1-7-15-17(14,8-2)16-10-9-13(11(3)4)12(5)6/h11-12H,7-10H2,1-6H3. The molecule has 0 saturated heterocycles. The average Bonchev–Trinajstić information content (AvgIpc) is 2.23.